The molecule has 0 unspecified atom stereocenters. The van der Waals surface area contributed by atoms with Crippen LogP contribution in [-0.2, 0) is 4.79 Å². The monoisotopic (exact) mass is 198 g/mol. The Morgan fingerprint density at radius 2 is 1.43 bits per heavy atom. The van der Waals surface area contributed by atoms with Gasteiger partial charge in [0.15, 0.2) is 0 Å². The van der Waals surface area contributed by atoms with Gasteiger partial charge < -0.3 is 21.4 Å². The Labute approximate surface area is 84.3 Å². The van der Waals surface area contributed by atoms with Crippen molar-refractivity contribution in [2.24, 2.45) is 11.5 Å². The summed E-state index contributed by atoms with van der Waals surface area (Å²) in [5.74, 6) is 0.322. The Kier molecular flexibility index (Phi) is 17.4. The molecule has 78 valence electrons. The summed E-state index contributed by atoms with van der Waals surface area (Å²) in [5, 5.41) is 8.63. The van der Waals surface area contributed by atoms with E-state index in [9.17, 15) is 0 Å². The molecular formula is C8H15BN2O3. The number of carbonyl (C=O) groups excluding carboxylic acids is 2. The van der Waals surface area contributed by atoms with Crippen molar-refractivity contribution < 1.29 is 14.7 Å². The van der Waals surface area contributed by atoms with E-state index in [1.165, 1.54) is 0 Å². The molecule has 1 rings (SSSR count). The highest BCUT2D eigenvalue weighted by molar-refractivity contribution is 5.75. The number of benzene rings is 1. The van der Waals surface area contributed by atoms with Crippen molar-refractivity contribution in [3.8, 4) is 5.75 Å². The predicted octanol–water partition coefficient (Wildman–Crippen LogP) is -0.953. The van der Waals surface area contributed by atoms with Crippen LogP contribution >= 0.6 is 0 Å². The molecule has 6 heteroatoms. The predicted molar refractivity (Wildman–Crippen MR) is 58.9 cm³/mol. The molecule has 0 saturated heterocycles. The van der Waals surface area contributed by atoms with Gasteiger partial charge in [0, 0.05) is 0 Å². The summed E-state index contributed by atoms with van der Waals surface area (Å²) in [6.45, 7) is 2.00. The van der Waals surface area contributed by atoms with Crippen molar-refractivity contribution in [3.63, 3.8) is 0 Å². The van der Waals surface area contributed by atoms with Crippen LogP contribution in [0.3, 0.4) is 0 Å². The number of amides is 2. The van der Waals surface area contributed by atoms with E-state index >= 15 is 0 Å². The fraction of sp³-hybridized carbons (Fsp3) is 0. The lowest BCUT2D eigenvalue weighted by molar-refractivity contribution is -0.0979. The topological polar surface area (TPSA) is 106 Å². The molecule has 0 fully saturated rings. The van der Waals surface area contributed by atoms with E-state index in [0.29, 0.717) is 5.75 Å². The van der Waals surface area contributed by atoms with E-state index in [-0.39, 0.29) is 8.41 Å². The van der Waals surface area contributed by atoms with Gasteiger partial charge in [-0.3, -0.25) is 0 Å². The summed E-state index contributed by atoms with van der Waals surface area (Å²) in [4.78, 5) is 17.0. The zero-order valence-corrected chi connectivity index (χ0v) is 7.01. The number of carbonyl (C=O) groups is 2. The highest BCUT2D eigenvalue weighted by Crippen LogP contribution is 2.02. The fourth-order valence-electron chi connectivity index (χ4n) is 0.428. The van der Waals surface area contributed by atoms with Crippen LogP contribution < -0.4 is 11.5 Å². The number of phenols is 1. The first-order valence-electron chi connectivity index (χ1n) is 3.20. The number of hydrogen-bond donors (Lipinski definition) is 3. The van der Waals surface area contributed by atoms with Gasteiger partial charge in [0.25, 0.3) is 0 Å². The van der Waals surface area contributed by atoms with Crippen LogP contribution in [0.4, 0.5) is 4.79 Å². The van der Waals surface area contributed by atoms with E-state index in [0.717, 1.165) is 0 Å². The molecule has 0 saturated carbocycles. The summed E-state index contributed by atoms with van der Waals surface area (Å²) in [6.07, 6.45) is 0. The number of phenolic OH excluding ortho intramolecular Hbond substituents is 1. The summed E-state index contributed by atoms with van der Waals surface area (Å²) < 4.78 is 0. The zero-order chi connectivity index (χ0) is 10.7. The molecule has 0 bridgehead atoms. The second-order valence-electron chi connectivity index (χ2n) is 1.74. The lowest BCUT2D eigenvalue weighted by Crippen LogP contribution is -2.18. The number of hydrogen-bond acceptors (Lipinski definition) is 3. The van der Waals surface area contributed by atoms with E-state index in [4.69, 9.17) is 14.7 Å². The molecule has 1 aromatic carbocycles. The van der Waals surface area contributed by atoms with Crippen LogP contribution in [0.25, 0.3) is 0 Å². The fourth-order valence-corrected chi connectivity index (χ4v) is 0.428. The van der Waals surface area contributed by atoms with Gasteiger partial charge in [-0.15, -0.1) is 0 Å². The standard InChI is InChI=1S/C6H6O.CH4N2O.CH2O.BH3/c7-6-4-2-1-3-5-6;2-1(3)4;1-2;/h1-5,7H;(H4,2,3,4);1H2;1H3. The Bertz CT molecular complexity index is 227. The minimum Gasteiger partial charge on any atom is -0.508 e. The average molecular weight is 198 g/mol. The van der Waals surface area contributed by atoms with Crippen molar-refractivity contribution in [1.82, 2.24) is 0 Å². The van der Waals surface area contributed by atoms with Gasteiger partial charge >= 0.3 is 6.03 Å². The van der Waals surface area contributed by atoms with Gasteiger partial charge in [-0.1, -0.05) is 18.2 Å². The van der Waals surface area contributed by atoms with Gasteiger partial charge in [0.2, 0.25) is 0 Å². The minimum absolute atomic E-state index is 0. The molecule has 5 nitrogen and oxygen atoms in total. The Morgan fingerprint density at radius 3 is 1.57 bits per heavy atom. The van der Waals surface area contributed by atoms with Crippen molar-refractivity contribution in [1.29, 1.82) is 0 Å². The molecule has 0 aromatic heterocycles. The molecule has 0 aliphatic carbocycles. The van der Waals surface area contributed by atoms with Crippen molar-refractivity contribution >= 4 is 21.2 Å². The SMILES string of the molecule is B.C=O.NC(N)=O.Oc1ccccc1. The third-order valence-corrected chi connectivity index (χ3v) is 0.756. The van der Waals surface area contributed by atoms with Gasteiger partial charge in [-0.05, 0) is 12.1 Å². The molecule has 0 atom stereocenters. The number of urea groups is 1. The van der Waals surface area contributed by atoms with Gasteiger partial charge in [0.1, 0.15) is 12.5 Å². The maximum atomic E-state index is 9.00. The molecule has 0 spiro atoms. The minimum atomic E-state index is -0.833. The highest BCUT2D eigenvalue weighted by Gasteiger charge is 1.74. The smallest absolute Gasteiger partial charge is 0.309 e. The Morgan fingerprint density at radius 1 is 1.14 bits per heavy atom. The summed E-state index contributed by atoms with van der Waals surface area (Å²) in [7, 11) is 0. The summed E-state index contributed by atoms with van der Waals surface area (Å²) in [6, 6.07) is 7.88. The molecule has 5 N–H and O–H groups in total. The second-order valence-corrected chi connectivity index (χ2v) is 1.74. The summed E-state index contributed by atoms with van der Waals surface area (Å²) in [5.41, 5.74) is 8.50. The van der Waals surface area contributed by atoms with Crippen molar-refractivity contribution in [2.75, 3.05) is 0 Å². The van der Waals surface area contributed by atoms with E-state index in [1.54, 1.807) is 24.3 Å². The Balaban J connectivity index is -0.000000152. The molecule has 1 aromatic rings. The van der Waals surface area contributed by atoms with Crippen LogP contribution in [0.5, 0.6) is 5.75 Å². The van der Waals surface area contributed by atoms with E-state index < -0.39 is 6.03 Å². The zero-order valence-electron chi connectivity index (χ0n) is 7.01. The quantitative estimate of drug-likeness (QED) is 0.467. The summed E-state index contributed by atoms with van der Waals surface area (Å²) >= 11 is 0. The normalized spacial score (nSPS) is 6.29. The van der Waals surface area contributed by atoms with Gasteiger partial charge in [-0.25, -0.2) is 4.79 Å². The number of nitrogens with two attached hydrogens (primary N) is 2. The molecule has 0 radical (unpaired) electrons. The van der Waals surface area contributed by atoms with Crippen LogP contribution in [0.1, 0.15) is 0 Å². The third-order valence-electron chi connectivity index (χ3n) is 0.756. The van der Waals surface area contributed by atoms with Crippen LogP contribution in [-0.4, -0.2) is 26.3 Å². The van der Waals surface area contributed by atoms with Crippen LogP contribution in [0, 0.1) is 0 Å². The number of para-hydroxylation sites is 1. The lowest BCUT2D eigenvalue weighted by atomic mass is 10.3. The second kappa shape index (κ2) is 13.6. The van der Waals surface area contributed by atoms with Gasteiger partial charge in [0.05, 0.1) is 8.41 Å². The van der Waals surface area contributed by atoms with E-state index in [1.807, 2.05) is 12.9 Å². The largest absolute Gasteiger partial charge is 0.508 e. The third kappa shape index (κ3) is 22.5. The number of rotatable bonds is 0. The van der Waals surface area contributed by atoms with Crippen molar-refractivity contribution in [2.45, 2.75) is 0 Å². The van der Waals surface area contributed by atoms with Gasteiger partial charge in [-0.2, -0.15) is 0 Å². The first-order chi connectivity index (χ1) is 6.13. The average Bonchev–Trinajstić information content (AvgIpc) is 2.08. The first-order valence-corrected chi connectivity index (χ1v) is 3.20. The molecule has 14 heavy (non-hydrogen) atoms. The highest BCUT2D eigenvalue weighted by atomic mass is 16.3. The molecule has 0 heterocycles. The van der Waals surface area contributed by atoms with Crippen LogP contribution in [0.2, 0.25) is 0 Å². The lowest BCUT2D eigenvalue weighted by Gasteiger charge is -1.82. The molecule has 0 aliphatic rings. The van der Waals surface area contributed by atoms with Crippen molar-refractivity contribution in [3.05, 3.63) is 30.3 Å². The van der Waals surface area contributed by atoms with Crippen LogP contribution in [0.15, 0.2) is 30.3 Å². The molecular weight excluding hydrogens is 183 g/mol. The Hall–Kier alpha value is -1.98. The number of aromatic hydroxyl groups is 1. The molecule has 2 amide bonds. The van der Waals surface area contributed by atoms with E-state index in [2.05, 4.69) is 11.5 Å². The number of primary amides is 2. The first kappa shape index (κ1) is 17.9. The molecule has 0 aliphatic heterocycles. The maximum Gasteiger partial charge on any atom is 0.309 e. The maximum absolute atomic E-state index is 9.00.